The van der Waals surface area contributed by atoms with Gasteiger partial charge in [-0.1, -0.05) is 194 Å². The Morgan fingerprint density at radius 2 is 0.548 bits per heavy atom. The lowest BCUT2D eigenvalue weighted by atomic mass is 9.89. The SMILES string of the molecule is [C-]#[N+]c1ccc(-c2ccc(-c3cc(-c4ccccc4)ccc3-c3nc(-c4ccccc4)nc(-c4ccccc4)n3)c(-c3nc(-c4ccccc4)nc(-c4ccccc4)n3)c2)cc1. The lowest BCUT2D eigenvalue weighted by Gasteiger charge is -2.18. The molecule has 0 N–H and O–H groups in total. The Labute approximate surface area is 359 Å². The van der Waals surface area contributed by atoms with Crippen LogP contribution in [0.3, 0.4) is 0 Å². The molecule has 290 valence electrons. The number of benzene rings is 8. The molecule has 0 amide bonds. The van der Waals surface area contributed by atoms with E-state index in [2.05, 4.69) is 53.4 Å². The molecule has 7 heteroatoms. The molecule has 2 heterocycles. The van der Waals surface area contributed by atoms with Crippen molar-refractivity contribution in [1.82, 2.24) is 29.9 Å². The van der Waals surface area contributed by atoms with E-state index in [1.807, 2.05) is 164 Å². The van der Waals surface area contributed by atoms with Crippen molar-refractivity contribution in [1.29, 1.82) is 0 Å². The van der Waals surface area contributed by atoms with Crippen molar-refractivity contribution in [3.63, 3.8) is 0 Å². The molecular formula is C55H35N7. The van der Waals surface area contributed by atoms with Crippen LogP contribution in [0.25, 0.3) is 107 Å². The molecule has 0 atom stereocenters. The molecule has 0 aliphatic carbocycles. The van der Waals surface area contributed by atoms with Gasteiger partial charge in [0, 0.05) is 33.4 Å². The molecule has 8 aromatic carbocycles. The van der Waals surface area contributed by atoms with Crippen LogP contribution in [-0.4, -0.2) is 29.9 Å². The number of hydrogen-bond acceptors (Lipinski definition) is 6. The Balaban J connectivity index is 1.27. The molecule has 0 spiro atoms. The maximum atomic E-state index is 7.55. The highest BCUT2D eigenvalue weighted by Crippen LogP contribution is 2.42. The first kappa shape index (κ1) is 37.5. The summed E-state index contributed by atoms with van der Waals surface area (Å²) in [7, 11) is 0. The van der Waals surface area contributed by atoms with E-state index >= 15 is 0 Å². The fraction of sp³-hybridized carbons (Fsp3) is 0. The van der Waals surface area contributed by atoms with Gasteiger partial charge in [0.2, 0.25) is 0 Å². The van der Waals surface area contributed by atoms with Crippen LogP contribution in [0.2, 0.25) is 0 Å². The topological polar surface area (TPSA) is 81.7 Å². The average molecular weight is 794 g/mol. The van der Waals surface area contributed by atoms with Gasteiger partial charge >= 0.3 is 0 Å². The highest BCUT2D eigenvalue weighted by molar-refractivity contribution is 5.94. The molecule has 0 saturated heterocycles. The number of aromatic nitrogens is 6. The van der Waals surface area contributed by atoms with Gasteiger partial charge in [-0.3, -0.25) is 0 Å². The summed E-state index contributed by atoms with van der Waals surface area (Å²) >= 11 is 0. The summed E-state index contributed by atoms with van der Waals surface area (Å²) in [5.74, 6) is 3.30. The third-order valence-corrected chi connectivity index (χ3v) is 10.6. The minimum Gasteiger partial charge on any atom is -0.238 e. The number of hydrogen-bond donors (Lipinski definition) is 0. The zero-order chi connectivity index (χ0) is 41.7. The second kappa shape index (κ2) is 16.9. The first-order chi connectivity index (χ1) is 30.7. The highest BCUT2D eigenvalue weighted by atomic mass is 15.0. The quantitative estimate of drug-likeness (QED) is 0.135. The Kier molecular flexibility index (Phi) is 10.2. The van der Waals surface area contributed by atoms with Crippen LogP contribution in [0.4, 0.5) is 5.69 Å². The van der Waals surface area contributed by atoms with E-state index in [0.717, 1.165) is 66.8 Å². The van der Waals surface area contributed by atoms with Crippen LogP contribution in [-0.2, 0) is 0 Å². The van der Waals surface area contributed by atoms with Crippen molar-refractivity contribution in [3.8, 4) is 102 Å². The molecule has 0 bridgehead atoms. The first-order valence-electron chi connectivity index (χ1n) is 20.2. The molecule has 0 radical (unpaired) electrons. The van der Waals surface area contributed by atoms with E-state index in [1.165, 1.54) is 0 Å². The van der Waals surface area contributed by atoms with Crippen molar-refractivity contribution >= 4 is 5.69 Å². The van der Waals surface area contributed by atoms with Crippen LogP contribution < -0.4 is 0 Å². The fourth-order valence-electron chi connectivity index (χ4n) is 7.50. The van der Waals surface area contributed by atoms with E-state index < -0.39 is 0 Å². The normalized spacial score (nSPS) is 10.9. The summed E-state index contributed by atoms with van der Waals surface area (Å²) in [6, 6.07) is 70.8. The van der Waals surface area contributed by atoms with Crippen LogP contribution in [0.1, 0.15) is 0 Å². The summed E-state index contributed by atoms with van der Waals surface area (Å²) in [6.45, 7) is 7.55. The molecule has 0 aliphatic heterocycles. The van der Waals surface area contributed by atoms with Crippen molar-refractivity contribution in [2.75, 3.05) is 0 Å². The predicted octanol–water partition coefficient (Wildman–Crippen LogP) is 13.6. The number of rotatable bonds is 9. The van der Waals surface area contributed by atoms with Gasteiger partial charge in [0.15, 0.2) is 40.6 Å². The fourth-order valence-corrected chi connectivity index (χ4v) is 7.50. The smallest absolute Gasteiger partial charge is 0.187 e. The van der Waals surface area contributed by atoms with E-state index in [9.17, 15) is 0 Å². The van der Waals surface area contributed by atoms with E-state index in [0.29, 0.717) is 40.6 Å². The molecule has 0 unspecified atom stereocenters. The monoisotopic (exact) mass is 793 g/mol. The Hall–Kier alpha value is -8.73. The highest BCUT2D eigenvalue weighted by Gasteiger charge is 2.22. The third kappa shape index (κ3) is 7.75. The molecule has 7 nitrogen and oxygen atoms in total. The molecule has 62 heavy (non-hydrogen) atoms. The lowest BCUT2D eigenvalue weighted by molar-refractivity contribution is 1.07. The van der Waals surface area contributed by atoms with Crippen LogP contribution in [0, 0.1) is 6.57 Å². The van der Waals surface area contributed by atoms with Crippen molar-refractivity contribution in [2.24, 2.45) is 0 Å². The number of nitrogens with zero attached hydrogens (tertiary/aromatic N) is 7. The second-order valence-corrected chi connectivity index (χ2v) is 14.6. The average Bonchev–Trinajstić information content (AvgIpc) is 3.37. The maximum absolute atomic E-state index is 7.55. The third-order valence-electron chi connectivity index (χ3n) is 10.6. The summed E-state index contributed by atoms with van der Waals surface area (Å²) in [5.41, 5.74) is 11.5. The minimum atomic E-state index is 0.508. The van der Waals surface area contributed by atoms with E-state index in [1.54, 1.807) is 0 Å². The Morgan fingerprint density at radius 3 is 0.952 bits per heavy atom. The first-order valence-corrected chi connectivity index (χ1v) is 20.2. The molecule has 2 aromatic heterocycles. The Bertz CT molecular complexity index is 3090. The van der Waals surface area contributed by atoms with Crippen LogP contribution in [0.5, 0.6) is 0 Å². The molecular weight excluding hydrogens is 759 g/mol. The van der Waals surface area contributed by atoms with Gasteiger partial charge < -0.3 is 0 Å². The second-order valence-electron chi connectivity index (χ2n) is 14.6. The zero-order valence-electron chi connectivity index (χ0n) is 33.3. The van der Waals surface area contributed by atoms with Crippen LogP contribution >= 0.6 is 0 Å². The van der Waals surface area contributed by atoms with E-state index in [-0.39, 0.29) is 0 Å². The minimum absolute atomic E-state index is 0.508. The van der Waals surface area contributed by atoms with Gasteiger partial charge in [-0.25, -0.2) is 34.7 Å². The lowest BCUT2D eigenvalue weighted by Crippen LogP contribution is -2.03. The largest absolute Gasteiger partial charge is 0.238 e. The maximum Gasteiger partial charge on any atom is 0.187 e. The van der Waals surface area contributed by atoms with Gasteiger partial charge in [0.05, 0.1) is 6.57 Å². The van der Waals surface area contributed by atoms with Crippen molar-refractivity contribution < 1.29 is 0 Å². The molecule has 0 fully saturated rings. The van der Waals surface area contributed by atoms with Gasteiger partial charge in [-0.2, -0.15) is 0 Å². The summed E-state index contributed by atoms with van der Waals surface area (Å²) < 4.78 is 0. The zero-order valence-corrected chi connectivity index (χ0v) is 33.3. The molecule has 10 rings (SSSR count). The molecule has 0 saturated carbocycles. The van der Waals surface area contributed by atoms with Gasteiger partial charge in [0.1, 0.15) is 0 Å². The Morgan fingerprint density at radius 1 is 0.242 bits per heavy atom. The standard InChI is InChI=1S/C55H35N7/c1-56-45-31-27-38(28-32-45)44-29-33-46(49(36-44)55-61-52(41-23-13-5-14-24-41)58-53(62-55)42-25-15-6-16-26-42)48-35-43(37-17-7-2-8-18-37)30-34-47(48)54-59-50(39-19-9-3-10-20-39)57-51(60-54)40-21-11-4-12-22-40/h2-36H. The summed E-state index contributed by atoms with van der Waals surface area (Å²) in [5, 5.41) is 0. The van der Waals surface area contributed by atoms with Gasteiger partial charge in [0.25, 0.3) is 0 Å². The van der Waals surface area contributed by atoms with Crippen molar-refractivity contribution in [2.45, 2.75) is 0 Å². The molecule has 0 aliphatic rings. The summed E-state index contributed by atoms with van der Waals surface area (Å²) in [6.07, 6.45) is 0. The van der Waals surface area contributed by atoms with Crippen LogP contribution in [0.15, 0.2) is 212 Å². The molecule has 10 aromatic rings. The van der Waals surface area contributed by atoms with Gasteiger partial charge in [-0.05, 0) is 51.6 Å². The predicted molar refractivity (Wildman–Crippen MR) is 248 cm³/mol. The van der Waals surface area contributed by atoms with Gasteiger partial charge in [-0.15, -0.1) is 0 Å². The summed E-state index contributed by atoms with van der Waals surface area (Å²) in [4.78, 5) is 34.5. The van der Waals surface area contributed by atoms with Crippen molar-refractivity contribution in [3.05, 3.63) is 224 Å². The van der Waals surface area contributed by atoms with E-state index in [4.69, 9.17) is 36.5 Å².